The van der Waals surface area contributed by atoms with Crippen molar-refractivity contribution in [3.05, 3.63) is 18.2 Å². The second-order valence-corrected chi connectivity index (χ2v) is 7.25. The van der Waals surface area contributed by atoms with Gasteiger partial charge in [-0.15, -0.1) is 0 Å². The van der Waals surface area contributed by atoms with Crippen molar-refractivity contribution >= 4 is 29.6 Å². The summed E-state index contributed by atoms with van der Waals surface area (Å²) in [6.45, 7) is 2.45. The lowest BCUT2D eigenvalue weighted by molar-refractivity contribution is -0.142. The van der Waals surface area contributed by atoms with Gasteiger partial charge < -0.3 is 42.6 Å². The van der Waals surface area contributed by atoms with Crippen LogP contribution in [0.25, 0.3) is 0 Å². The molecule has 0 radical (unpaired) electrons. The first-order valence-electron chi connectivity index (χ1n) is 9.75. The summed E-state index contributed by atoms with van der Waals surface area (Å²) in [5, 5.41) is 25.8. The second-order valence-electron chi connectivity index (χ2n) is 7.25. The summed E-state index contributed by atoms with van der Waals surface area (Å²) in [6, 6.07) is -5.10. The lowest BCUT2D eigenvalue weighted by atomic mass is 10.1. The van der Waals surface area contributed by atoms with Crippen molar-refractivity contribution in [2.75, 3.05) is 0 Å². The van der Waals surface area contributed by atoms with Crippen LogP contribution in [0.3, 0.4) is 0 Å². The summed E-state index contributed by atoms with van der Waals surface area (Å²) >= 11 is 0. The smallest absolute Gasteiger partial charge is 0.325 e. The number of nitrogens with zero attached hydrogens (tertiary/aromatic N) is 1. The molecule has 1 heterocycles. The second kappa shape index (κ2) is 12.4. The van der Waals surface area contributed by atoms with Crippen molar-refractivity contribution in [3.8, 4) is 0 Å². The number of nitrogens with one attached hydrogen (secondary N) is 4. The van der Waals surface area contributed by atoms with Gasteiger partial charge in [-0.05, 0) is 20.3 Å². The third-order valence-corrected chi connectivity index (χ3v) is 4.44. The summed E-state index contributed by atoms with van der Waals surface area (Å²) in [5.74, 6) is -4.43. The summed E-state index contributed by atoms with van der Waals surface area (Å²) < 4.78 is 0. The number of carboxylic acids is 1. The molecule has 5 unspecified atom stereocenters. The maximum atomic E-state index is 12.9. The van der Waals surface area contributed by atoms with Gasteiger partial charge in [-0.1, -0.05) is 0 Å². The van der Waals surface area contributed by atoms with Gasteiger partial charge in [-0.2, -0.15) is 0 Å². The van der Waals surface area contributed by atoms with Crippen LogP contribution in [0.15, 0.2) is 12.5 Å². The van der Waals surface area contributed by atoms with E-state index in [1.165, 1.54) is 26.4 Å². The minimum atomic E-state index is -1.49. The molecule has 1 rings (SSSR count). The number of hydrogen-bond donors (Lipinski definition) is 8. The summed E-state index contributed by atoms with van der Waals surface area (Å²) in [7, 11) is 0. The maximum Gasteiger partial charge on any atom is 0.325 e. The average molecular weight is 455 g/mol. The molecule has 1 aromatic heterocycles. The molecule has 0 aliphatic carbocycles. The molecule has 178 valence electrons. The Kier molecular flexibility index (Phi) is 10.2. The molecule has 4 amide bonds. The van der Waals surface area contributed by atoms with E-state index in [4.69, 9.17) is 16.6 Å². The highest BCUT2D eigenvalue weighted by Gasteiger charge is 2.32. The molecule has 0 bridgehead atoms. The minimum Gasteiger partial charge on any atom is -0.480 e. The molecule has 1 aromatic rings. The Morgan fingerprint density at radius 3 is 2.25 bits per heavy atom. The molecule has 0 aliphatic rings. The third-order valence-electron chi connectivity index (χ3n) is 4.44. The number of rotatable bonds is 13. The standard InChI is InChI=1S/C18H29N7O7/c1-8(18(31)32)23-17(30)14(9(2)26)25-16(29)12(5-10-6-21-7-22-10)24-15(28)11(19)3-4-13(20)27/h6-9,11-12,14,26H,3-5,19H2,1-2H3,(H2,20,27)(H,21,22)(H,23,30)(H,24,28)(H,25,29)(H,31,32). The van der Waals surface area contributed by atoms with Crippen molar-refractivity contribution in [1.82, 2.24) is 25.9 Å². The van der Waals surface area contributed by atoms with Crippen LogP contribution in [0.2, 0.25) is 0 Å². The highest BCUT2D eigenvalue weighted by Crippen LogP contribution is 2.04. The number of aliphatic hydroxyl groups is 1. The van der Waals surface area contributed by atoms with E-state index in [9.17, 15) is 29.1 Å². The van der Waals surface area contributed by atoms with Crippen LogP contribution in [0.5, 0.6) is 0 Å². The number of aromatic amines is 1. The van der Waals surface area contributed by atoms with Crippen molar-refractivity contribution in [2.45, 2.75) is 63.4 Å². The summed E-state index contributed by atoms with van der Waals surface area (Å²) in [6.07, 6.45) is 1.20. The predicted octanol–water partition coefficient (Wildman–Crippen LogP) is -3.52. The minimum absolute atomic E-state index is 0.0364. The molecule has 14 nitrogen and oxygen atoms in total. The number of hydrogen-bond acceptors (Lipinski definition) is 8. The highest BCUT2D eigenvalue weighted by atomic mass is 16.4. The van der Waals surface area contributed by atoms with Gasteiger partial charge in [0, 0.05) is 24.7 Å². The maximum absolute atomic E-state index is 12.9. The largest absolute Gasteiger partial charge is 0.480 e. The van der Waals surface area contributed by atoms with E-state index < -0.39 is 59.9 Å². The monoisotopic (exact) mass is 455 g/mol. The Labute approximate surface area is 183 Å². The summed E-state index contributed by atoms with van der Waals surface area (Å²) in [5.41, 5.74) is 11.3. The van der Waals surface area contributed by atoms with Crippen LogP contribution >= 0.6 is 0 Å². The van der Waals surface area contributed by atoms with E-state index in [0.29, 0.717) is 5.69 Å². The number of carboxylic acid groups (broad SMARTS) is 1. The van der Waals surface area contributed by atoms with Crippen LogP contribution in [-0.4, -0.2) is 80.1 Å². The van der Waals surface area contributed by atoms with Gasteiger partial charge in [0.25, 0.3) is 0 Å². The molecule has 0 fully saturated rings. The Hall–Kier alpha value is -3.52. The fourth-order valence-electron chi connectivity index (χ4n) is 2.56. The van der Waals surface area contributed by atoms with Crippen molar-refractivity contribution in [1.29, 1.82) is 0 Å². The molecule has 32 heavy (non-hydrogen) atoms. The average Bonchev–Trinajstić information content (AvgIpc) is 3.21. The topological polar surface area (TPSA) is 243 Å². The number of amides is 4. The number of aliphatic hydroxyl groups excluding tert-OH is 1. The van der Waals surface area contributed by atoms with Crippen molar-refractivity contribution in [3.63, 3.8) is 0 Å². The molecule has 14 heteroatoms. The molecule has 0 spiro atoms. The van der Waals surface area contributed by atoms with Crippen LogP contribution in [0.1, 0.15) is 32.4 Å². The first-order chi connectivity index (χ1) is 14.9. The van der Waals surface area contributed by atoms with Crippen molar-refractivity contribution in [2.24, 2.45) is 11.5 Å². The Bertz CT molecular complexity index is 813. The zero-order valence-corrected chi connectivity index (χ0v) is 17.7. The van der Waals surface area contributed by atoms with E-state index in [1.54, 1.807) is 0 Å². The number of primary amides is 1. The number of aromatic nitrogens is 2. The number of imidazole rings is 1. The molecular weight excluding hydrogens is 426 g/mol. The van der Waals surface area contributed by atoms with E-state index >= 15 is 0 Å². The Morgan fingerprint density at radius 2 is 1.75 bits per heavy atom. The summed E-state index contributed by atoms with van der Waals surface area (Å²) in [4.78, 5) is 66.0. The van der Waals surface area contributed by atoms with Gasteiger partial charge in [-0.3, -0.25) is 24.0 Å². The van der Waals surface area contributed by atoms with Crippen LogP contribution in [0, 0.1) is 0 Å². The van der Waals surface area contributed by atoms with Crippen LogP contribution in [0.4, 0.5) is 0 Å². The fourth-order valence-corrected chi connectivity index (χ4v) is 2.56. The Balaban J connectivity index is 2.95. The lowest BCUT2D eigenvalue weighted by Gasteiger charge is -2.26. The molecular formula is C18H29N7O7. The predicted molar refractivity (Wildman–Crippen MR) is 109 cm³/mol. The number of carbonyl (C=O) groups is 5. The molecule has 0 aliphatic heterocycles. The number of nitrogens with two attached hydrogens (primary N) is 2. The first-order valence-corrected chi connectivity index (χ1v) is 9.75. The van der Waals surface area contributed by atoms with E-state index in [-0.39, 0.29) is 19.3 Å². The SMILES string of the molecule is CC(NC(=O)C(NC(=O)C(Cc1cnc[nH]1)NC(=O)C(N)CCC(N)=O)C(C)O)C(=O)O. The number of aliphatic carboxylic acids is 1. The molecule has 10 N–H and O–H groups in total. The van der Waals surface area contributed by atoms with Gasteiger partial charge in [0.2, 0.25) is 23.6 Å². The molecule has 5 atom stereocenters. The van der Waals surface area contributed by atoms with Gasteiger partial charge in [0.05, 0.1) is 18.5 Å². The third kappa shape index (κ3) is 8.69. The van der Waals surface area contributed by atoms with E-state index in [0.717, 1.165) is 0 Å². The van der Waals surface area contributed by atoms with Gasteiger partial charge in [0.15, 0.2) is 0 Å². The van der Waals surface area contributed by atoms with Crippen molar-refractivity contribution < 1.29 is 34.2 Å². The van der Waals surface area contributed by atoms with Crippen LogP contribution < -0.4 is 27.4 Å². The number of carbonyl (C=O) groups excluding carboxylic acids is 4. The fraction of sp³-hybridized carbons (Fsp3) is 0.556. The normalized spacial score (nSPS) is 15.5. The highest BCUT2D eigenvalue weighted by molar-refractivity contribution is 5.94. The van der Waals surface area contributed by atoms with E-state index in [1.807, 2.05) is 0 Å². The van der Waals surface area contributed by atoms with Crippen LogP contribution in [-0.2, 0) is 30.4 Å². The quantitative estimate of drug-likeness (QED) is 0.147. The molecule has 0 aromatic carbocycles. The lowest BCUT2D eigenvalue weighted by Crippen LogP contribution is -2.60. The zero-order valence-electron chi connectivity index (χ0n) is 17.7. The first kappa shape index (κ1) is 26.5. The molecule has 0 saturated carbocycles. The van der Waals surface area contributed by atoms with Gasteiger partial charge in [0.1, 0.15) is 18.1 Å². The van der Waals surface area contributed by atoms with E-state index in [2.05, 4.69) is 25.9 Å². The molecule has 0 saturated heterocycles. The number of H-pyrrole nitrogens is 1. The van der Waals surface area contributed by atoms with Gasteiger partial charge in [-0.25, -0.2) is 4.98 Å². The Morgan fingerprint density at radius 1 is 1.09 bits per heavy atom. The van der Waals surface area contributed by atoms with Gasteiger partial charge >= 0.3 is 5.97 Å². The zero-order chi connectivity index (χ0) is 24.4.